The minimum atomic E-state index is -0.414. The first-order valence-electron chi connectivity index (χ1n) is 6.35. The van der Waals surface area contributed by atoms with Crippen molar-refractivity contribution in [2.75, 3.05) is 18.2 Å². The summed E-state index contributed by atoms with van der Waals surface area (Å²) in [5, 5.41) is 5.21. The van der Waals surface area contributed by atoms with Crippen molar-refractivity contribution >= 4 is 44.7 Å². The van der Waals surface area contributed by atoms with E-state index in [2.05, 4.69) is 10.3 Å². The minimum absolute atomic E-state index is 0.252. The molecule has 110 valence electrons. The van der Waals surface area contributed by atoms with Gasteiger partial charge < -0.3 is 15.8 Å². The summed E-state index contributed by atoms with van der Waals surface area (Å²) in [6.45, 7) is 0. The topological polar surface area (TPSA) is 94.3 Å². The summed E-state index contributed by atoms with van der Waals surface area (Å²) in [5.41, 5.74) is 7.25. The third kappa shape index (κ3) is 2.52. The molecule has 0 aromatic carbocycles. The fourth-order valence-corrected chi connectivity index (χ4v) is 4.18. The Morgan fingerprint density at radius 1 is 1.43 bits per heavy atom. The zero-order valence-corrected chi connectivity index (χ0v) is 12.9. The SMILES string of the molecule is COC(=O)c1c(NC(=O)c2csc(N)n2)sc2c1CCC2. The number of esters is 1. The maximum Gasteiger partial charge on any atom is 0.341 e. The van der Waals surface area contributed by atoms with Gasteiger partial charge in [0.05, 0.1) is 12.7 Å². The predicted octanol–water partition coefficient (Wildman–Crippen LogP) is 2.31. The number of hydrogen-bond acceptors (Lipinski definition) is 7. The molecule has 0 bridgehead atoms. The summed E-state index contributed by atoms with van der Waals surface area (Å²) in [4.78, 5) is 29.2. The van der Waals surface area contributed by atoms with Gasteiger partial charge in [-0.25, -0.2) is 9.78 Å². The van der Waals surface area contributed by atoms with E-state index in [1.807, 2.05) is 0 Å². The summed E-state index contributed by atoms with van der Waals surface area (Å²) in [7, 11) is 1.34. The lowest BCUT2D eigenvalue weighted by molar-refractivity contribution is 0.0601. The Labute approximate surface area is 128 Å². The smallest absolute Gasteiger partial charge is 0.341 e. The van der Waals surface area contributed by atoms with Crippen molar-refractivity contribution in [2.24, 2.45) is 0 Å². The van der Waals surface area contributed by atoms with Crippen molar-refractivity contribution in [1.82, 2.24) is 4.98 Å². The second-order valence-electron chi connectivity index (χ2n) is 4.58. The molecule has 0 unspecified atom stereocenters. The van der Waals surface area contributed by atoms with E-state index < -0.39 is 5.97 Å². The van der Waals surface area contributed by atoms with Gasteiger partial charge in [-0.05, 0) is 24.8 Å². The molecule has 0 saturated heterocycles. The average molecular weight is 323 g/mol. The average Bonchev–Trinajstić information content (AvgIpc) is 3.13. The fraction of sp³-hybridized carbons (Fsp3) is 0.308. The van der Waals surface area contributed by atoms with Gasteiger partial charge in [0.25, 0.3) is 5.91 Å². The predicted molar refractivity (Wildman–Crippen MR) is 82.2 cm³/mol. The zero-order valence-electron chi connectivity index (χ0n) is 11.3. The molecule has 0 radical (unpaired) electrons. The van der Waals surface area contributed by atoms with Gasteiger partial charge in [0.15, 0.2) is 5.13 Å². The maximum absolute atomic E-state index is 12.1. The van der Waals surface area contributed by atoms with Crippen molar-refractivity contribution < 1.29 is 14.3 Å². The number of carbonyl (C=O) groups excluding carboxylic acids is 2. The van der Waals surface area contributed by atoms with Gasteiger partial charge in [0.2, 0.25) is 0 Å². The molecule has 0 spiro atoms. The number of amides is 1. The van der Waals surface area contributed by atoms with E-state index >= 15 is 0 Å². The van der Waals surface area contributed by atoms with E-state index in [9.17, 15) is 9.59 Å². The highest BCUT2D eigenvalue weighted by Crippen LogP contribution is 2.39. The van der Waals surface area contributed by atoms with Crippen LogP contribution in [0.2, 0.25) is 0 Å². The van der Waals surface area contributed by atoms with E-state index in [1.165, 1.54) is 29.8 Å². The van der Waals surface area contributed by atoms with Crippen molar-refractivity contribution in [3.05, 3.63) is 27.1 Å². The van der Waals surface area contributed by atoms with E-state index in [4.69, 9.17) is 10.5 Å². The number of fused-ring (bicyclic) bond motifs is 1. The largest absolute Gasteiger partial charge is 0.465 e. The number of thiazole rings is 1. The van der Waals surface area contributed by atoms with Gasteiger partial charge in [0.1, 0.15) is 10.7 Å². The third-order valence-corrected chi connectivity index (χ3v) is 5.17. The number of thiophene rings is 1. The number of ether oxygens (including phenoxy) is 1. The van der Waals surface area contributed by atoms with Gasteiger partial charge in [-0.3, -0.25) is 4.79 Å². The third-order valence-electron chi connectivity index (χ3n) is 3.29. The number of aromatic nitrogens is 1. The highest BCUT2D eigenvalue weighted by molar-refractivity contribution is 7.17. The highest BCUT2D eigenvalue weighted by Gasteiger charge is 2.28. The Balaban J connectivity index is 1.92. The Morgan fingerprint density at radius 3 is 2.90 bits per heavy atom. The van der Waals surface area contributed by atoms with Gasteiger partial charge >= 0.3 is 5.97 Å². The van der Waals surface area contributed by atoms with Crippen LogP contribution in [0.15, 0.2) is 5.38 Å². The van der Waals surface area contributed by atoms with Crippen molar-refractivity contribution in [3.8, 4) is 0 Å². The van der Waals surface area contributed by atoms with Crippen LogP contribution < -0.4 is 11.1 Å². The molecule has 1 amide bonds. The molecule has 3 N–H and O–H groups in total. The van der Waals surface area contributed by atoms with Crippen LogP contribution in [-0.2, 0) is 17.6 Å². The molecule has 2 aromatic rings. The molecule has 2 heterocycles. The van der Waals surface area contributed by atoms with E-state index in [1.54, 1.807) is 5.38 Å². The first-order valence-corrected chi connectivity index (χ1v) is 8.05. The normalized spacial score (nSPS) is 13.0. The highest BCUT2D eigenvalue weighted by atomic mass is 32.1. The standard InChI is InChI=1S/C13H13N3O3S2/c1-19-12(18)9-6-3-2-4-8(6)21-11(9)16-10(17)7-5-20-13(14)15-7/h5H,2-4H2,1H3,(H2,14,15)(H,16,17). The first-order chi connectivity index (χ1) is 10.1. The lowest BCUT2D eigenvalue weighted by Gasteiger charge is -2.05. The molecular formula is C13H13N3O3S2. The van der Waals surface area contributed by atoms with Gasteiger partial charge in [-0.1, -0.05) is 0 Å². The molecule has 0 aliphatic heterocycles. The van der Waals surface area contributed by atoms with E-state index in [-0.39, 0.29) is 11.6 Å². The van der Waals surface area contributed by atoms with Crippen LogP contribution >= 0.6 is 22.7 Å². The van der Waals surface area contributed by atoms with Crippen LogP contribution in [0.4, 0.5) is 10.1 Å². The molecule has 1 aliphatic rings. The van der Waals surface area contributed by atoms with Crippen molar-refractivity contribution in [1.29, 1.82) is 0 Å². The molecule has 8 heteroatoms. The van der Waals surface area contributed by atoms with Gasteiger partial charge in [0, 0.05) is 10.3 Å². The lowest BCUT2D eigenvalue weighted by atomic mass is 10.1. The summed E-state index contributed by atoms with van der Waals surface area (Å²) in [6, 6.07) is 0. The number of nitrogens with two attached hydrogens (primary N) is 1. The quantitative estimate of drug-likeness (QED) is 0.845. The van der Waals surface area contributed by atoms with Crippen LogP contribution in [0.3, 0.4) is 0 Å². The Bertz CT molecular complexity index is 720. The minimum Gasteiger partial charge on any atom is -0.465 e. The first kappa shape index (κ1) is 14.0. The second-order valence-corrected chi connectivity index (χ2v) is 6.57. The lowest BCUT2D eigenvalue weighted by Crippen LogP contribution is -2.15. The van der Waals surface area contributed by atoms with Crippen LogP contribution in [0.1, 0.15) is 37.7 Å². The number of rotatable bonds is 3. The molecule has 3 rings (SSSR count). The Kier molecular flexibility index (Phi) is 3.64. The molecule has 2 aromatic heterocycles. The molecule has 1 aliphatic carbocycles. The molecular weight excluding hydrogens is 310 g/mol. The number of carbonyl (C=O) groups is 2. The summed E-state index contributed by atoms with van der Waals surface area (Å²) >= 11 is 2.63. The van der Waals surface area contributed by atoms with Gasteiger partial charge in [-0.2, -0.15) is 0 Å². The van der Waals surface area contributed by atoms with Gasteiger partial charge in [-0.15, -0.1) is 22.7 Å². The number of anilines is 2. The van der Waals surface area contributed by atoms with Crippen molar-refractivity contribution in [3.63, 3.8) is 0 Å². The number of nitrogens with zero attached hydrogens (tertiary/aromatic N) is 1. The van der Waals surface area contributed by atoms with Crippen LogP contribution in [-0.4, -0.2) is 24.0 Å². The zero-order chi connectivity index (χ0) is 15.0. The molecule has 0 atom stereocenters. The van der Waals surface area contributed by atoms with E-state index in [0.717, 1.165) is 29.7 Å². The Hall–Kier alpha value is -1.93. The van der Waals surface area contributed by atoms with Crippen LogP contribution in [0, 0.1) is 0 Å². The second kappa shape index (κ2) is 5.45. The number of nitrogen functional groups attached to an aromatic ring is 1. The molecule has 0 fully saturated rings. The number of aryl methyl sites for hydroxylation is 1. The summed E-state index contributed by atoms with van der Waals surface area (Å²) in [5.74, 6) is -0.782. The molecule has 6 nitrogen and oxygen atoms in total. The number of nitrogens with one attached hydrogen (secondary N) is 1. The van der Waals surface area contributed by atoms with Crippen LogP contribution in [0.25, 0.3) is 0 Å². The maximum atomic E-state index is 12.1. The molecule has 21 heavy (non-hydrogen) atoms. The monoisotopic (exact) mass is 323 g/mol. The summed E-state index contributed by atoms with van der Waals surface area (Å²) in [6.07, 6.45) is 2.81. The Morgan fingerprint density at radius 2 is 2.24 bits per heavy atom. The van der Waals surface area contributed by atoms with E-state index in [0.29, 0.717) is 15.7 Å². The van der Waals surface area contributed by atoms with Crippen molar-refractivity contribution in [2.45, 2.75) is 19.3 Å². The molecule has 0 saturated carbocycles. The van der Waals surface area contributed by atoms with Crippen LogP contribution in [0.5, 0.6) is 0 Å². The number of hydrogen-bond donors (Lipinski definition) is 2. The summed E-state index contributed by atoms with van der Waals surface area (Å²) < 4.78 is 4.83. The fourth-order valence-electron chi connectivity index (χ4n) is 2.37. The number of methoxy groups -OCH3 is 1.